The number of carbonyl (C=O) groups excluding carboxylic acids is 2. The summed E-state index contributed by atoms with van der Waals surface area (Å²) in [5, 5.41) is 0. The number of piperidine rings is 1. The zero-order valence-electron chi connectivity index (χ0n) is 13.5. The van der Waals surface area contributed by atoms with Gasteiger partial charge < -0.3 is 19.4 Å². The number of urea groups is 1. The third-order valence-corrected chi connectivity index (χ3v) is 3.35. The molecule has 6 nitrogen and oxygen atoms in total. The molecule has 0 bridgehead atoms. The van der Waals surface area contributed by atoms with Gasteiger partial charge in [0, 0.05) is 40.3 Å². The number of likely N-dealkylation sites (tertiary alicyclic amines) is 1. The van der Waals surface area contributed by atoms with Crippen molar-refractivity contribution in [1.82, 2.24) is 14.7 Å². The van der Waals surface area contributed by atoms with Crippen molar-refractivity contribution in [1.29, 1.82) is 0 Å². The lowest BCUT2D eigenvalue weighted by Gasteiger charge is -2.38. The molecule has 1 saturated heterocycles. The highest BCUT2D eigenvalue weighted by atomic mass is 16.6. The quantitative estimate of drug-likeness (QED) is 0.740. The van der Waals surface area contributed by atoms with Crippen molar-refractivity contribution in [2.75, 3.05) is 34.2 Å². The van der Waals surface area contributed by atoms with E-state index in [0.29, 0.717) is 13.1 Å². The molecule has 0 radical (unpaired) electrons. The number of rotatable bonds is 1. The zero-order chi connectivity index (χ0) is 15.5. The van der Waals surface area contributed by atoms with E-state index in [-0.39, 0.29) is 18.2 Å². The molecule has 0 atom stereocenters. The van der Waals surface area contributed by atoms with Crippen LogP contribution in [0.15, 0.2) is 0 Å². The van der Waals surface area contributed by atoms with Crippen LogP contribution in [-0.4, -0.2) is 72.7 Å². The molecule has 1 heterocycles. The fourth-order valence-electron chi connectivity index (χ4n) is 2.23. The van der Waals surface area contributed by atoms with Crippen LogP contribution in [0, 0.1) is 0 Å². The lowest BCUT2D eigenvalue weighted by atomic mass is 10.0. The Hall–Kier alpha value is -1.46. The molecular weight excluding hydrogens is 258 g/mol. The van der Waals surface area contributed by atoms with Crippen molar-refractivity contribution >= 4 is 12.1 Å². The number of hydrogen-bond acceptors (Lipinski definition) is 3. The lowest BCUT2D eigenvalue weighted by Crippen LogP contribution is -2.50. The predicted molar refractivity (Wildman–Crippen MR) is 77.7 cm³/mol. The molecule has 0 N–H and O–H groups in total. The zero-order valence-corrected chi connectivity index (χ0v) is 13.5. The molecule has 0 aliphatic carbocycles. The van der Waals surface area contributed by atoms with Crippen LogP contribution in [0.1, 0.15) is 33.6 Å². The molecule has 0 aromatic heterocycles. The number of carbonyl (C=O) groups is 2. The van der Waals surface area contributed by atoms with Gasteiger partial charge in [-0.25, -0.2) is 9.59 Å². The summed E-state index contributed by atoms with van der Waals surface area (Å²) in [4.78, 5) is 28.9. The van der Waals surface area contributed by atoms with E-state index in [1.54, 1.807) is 28.8 Å². The van der Waals surface area contributed by atoms with Crippen LogP contribution in [0.25, 0.3) is 0 Å². The summed E-state index contributed by atoms with van der Waals surface area (Å²) in [5.74, 6) is 0. The van der Waals surface area contributed by atoms with Crippen LogP contribution in [0.2, 0.25) is 0 Å². The van der Waals surface area contributed by atoms with Crippen LogP contribution in [0.4, 0.5) is 9.59 Å². The average molecular weight is 285 g/mol. The molecule has 1 fully saturated rings. The van der Waals surface area contributed by atoms with Crippen molar-refractivity contribution in [2.45, 2.75) is 45.3 Å². The highest BCUT2D eigenvalue weighted by molar-refractivity contribution is 5.74. The van der Waals surface area contributed by atoms with E-state index in [1.807, 2.05) is 27.8 Å². The molecule has 0 saturated carbocycles. The van der Waals surface area contributed by atoms with Gasteiger partial charge in [0.1, 0.15) is 5.60 Å². The first-order chi connectivity index (χ1) is 9.11. The van der Waals surface area contributed by atoms with Gasteiger partial charge in [-0.3, -0.25) is 0 Å². The van der Waals surface area contributed by atoms with Gasteiger partial charge in [0.2, 0.25) is 0 Å². The first-order valence-corrected chi connectivity index (χ1v) is 7.04. The Balaban J connectivity index is 2.48. The summed E-state index contributed by atoms with van der Waals surface area (Å²) in [7, 11) is 5.31. The van der Waals surface area contributed by atoms with E-state index in [0.717, 1.165) is 12.8 Å². The molecule has 1 rings (SSSR count). The van der Waals surface area contributed by atoms with Crippen molar-refractivity contribution in [3.8, 4) is 0 Å². The van der Waals surface area contributed by atoms with E-state index < -0.39 is 5.60 Å². The number of amides is 3. The lowest BCUT2D eigenvalue weighted by molar-refractivity contribution is 0.0168. The normalized spacial score (nSPS) is 16.8. The van der Waals surface area contributed by atoms with Crippen molar-refractivity contribution in [3.63, 3.8) is 0 Å². The average Bonchev–Trinajstić information content (AvgIpc) is 2.35. The van der Waals surface area contributed by atoms with Crippen LogP contribution in [0.5, 0.6) is 0 Å². The Morgan fingerprint density at radius 1 is 1.10 bits per heavy atom. The van der Waals surface area contributed by atoms with Gasteiger partial charge in [0.25, 0.3) is 0 Å². The van der Waals surface area contributed by atoms with Crippen LogP contribution >= 0.6 is 0 Å². The van der Waals surface area contributed by atoms with Gasteiger partial charge in [-0.05, 0) is 33.6 Å². The van der Waals surface area contributed by atoms with Gasteiger partial charge in [-0.2, -0.15) is 0 Å². The Bertz CT molecular complexity index is 355. The topological polar surface area (TPSA) is 53.1 Å². The Kier molecular flexibility index (Phi) is 5.25. The molecule has 0 aromatic rings. The van der Waals surface area contributed by atoms with Crippen LogP contribution in [0.3, 0.4) is 0 Å². The van der Waals surface area contributed by atoms with Crippen molar-refractivity contribution in [2.24, 2.45) is 0 Å². The molecule has 0 unspecified atom stereocenters. The SMILES string of the molecule is CN(C)C(=O)N(C)C1CCN(C(=O)OC(C)(C)C)CC1. The second-order valence-corrected chi connectivity index (χ2v) is 6.49. The van der Waals surface area contributed by atoms with E-state index >= 15 is 0 Å². The molecular formula is C14H27N3O3. The highest BCUT2D eigenvalue weighted by Crippen LogP contribution is 2.18. The first kappa shape index (κ1) is 16.6. The Morgan fingerprint density at radius 2 is 1.60 bits per heavy atom. The Morgan fingerprint density at radius 3 is 2.00 bits per heavy atom. The second-order valence-electron chi connectivity index (χ2n) is 6.49. The minimum absolute atomic E-state index is 0.000665. The summed E-state index contributed by atoms with van der Waals surface area (Å²) in [6.07, 6.45) is 1.31. The summed E-state index contributed by atoms with van der Waals surface area (Å²) in [5.41, 5.74) is -0.467. The van der Waals surface area contributed by atoms with Crippen LogP contribution in [-0.2, 0) is 4.74 Å². The maximum Gasteiger partial charge on any atom is 0.410 e. The number of ether oxygens (including phenoxy) is 1. The monoisotopic (exact) mass is 285 g/mol. The van der Waals surface area contributed by atoms with Gasteiger partial charge in [-0.1, -0.05) is 0 Å². The first-order valence-electron chi connectivity index (χ1n) is 7.04. The summed E-state index contributed by atoms with van der Waals surface area (Å²) in [6.45, 7) is 6.85. The molecule has 20 heavy (non-hydrogen) atoms. The molecule has 0 aromatic carbocycles. The molecule has 3 amide bonds. The van der Waals surface area contributed by atoms with Crippen molar-refractivity contribution in [3.05, 3.63) is 0 Å². The predicted octanol–water partition coefficient (Wildman–Crippen LogP) is 2.00. The third-order valence-electron chi connectivity index (χ3n) is 3.35. The van der Waals surface area contributed by atoms with E-state index in [1.165, 1.54) is 0 Å². The van der Waals surface area contributed by atoms with Crippen molar-refractivity contribution < 1.29 is 14.3 Å². The van der Waals surface area contributed by atoms with Crippen LogP contribution < -0.4 is 0 Å². The fourth-order valence-corrected chi connectivity index (χ4v) is 2.23. The highest BCUT2D eigenvalue weighted by Gasteiger charge is 2.30. The number of nitrogens with zero attached hydrogens (tertiary/aromatic N) is 3. The minimum Gasteiger partial charge on any atom is -0.444 e. The fraction of sp³-hybridized carbons (Fsp3) is 0.857. The molecule has 6 heteroatoms. The standard InChI is InChI=1S/C14H27N3O3/c1-14(2,3)20-13(19)17-9-7-11(8-10-17)16(6)12(18)15(4)5/h11H,7-10H2,1-6H3. The second kappa shape index (κ2) is 6.33. The third kappa shape index (κ3) is 4.58. The molecule has 116 valence electrons. The maximum absolute atomic E-state index is 11.9. The molecule has 1 aliphatic rings. The Labute approximate surface area is 121 Å². The summed E-state index contributed by atoms with van der Waals surface area (Å²) in [6, 6.07) is 0.185. The maximum atomic E-state index is 11.9. The van der Waals surface area contributed by atoms with Gasteiger partial charge in [-0.15, -0.1) is 0 Å². The van der Waals surface area contributed by atoms with Gasteiger partial charge >= 0.3 is 12.1 Å². The van der Waals surface area contributed by atoms with E-state index in [9.17, 15) is 9.59 Å². The number of hydrogen-bond donors (Lipinski definition) is 0. The van der Waals surface area contributed by atoms with Gasteiger partial charge in [0.05, 0.1) is 0 Å². The molecule has 0 spiro atoms. The minimum atomic E-state index is -0.467. The summed E-state index contributed by atoms with van der Waals surface area (Å²) >= 11 is 0. The van der Waals surface area contributed by atoms with Gasteiger partial charge in [0.15, 0.2) is 0 Å². The van der Waals surface area contributed by atoms with E-state index in [2.05, 4.69) is 0 Å². The largest absolute Gasteiger partial charge is 0.444 e. The summed E-state index contributed by atoms with van der Waals surface area (Å²) < 4.78 is 5.36. The molecule has 1 aliphatic heterocycles. The smallest absolute Gasteiger partial charge is 0.410 e. The van der Waals surface area contributed by atoms with E-state index in [4.69, 9.17) is 4.74 Å².